The van der Waals surface area contributed by atoms with Crippen LogP contribution in [-0.2, 0) is 6.54 Å². The maximum absolute atomic E-state index is 6.12. The average molecular weight is 324 g/mol. The van der Waals surface area contributed by atoms with E-state index in [1.165, 1.54) is 24.8 Å². The molecule has 2 heterocycles. The number of ether oxygens (including phenoxy) is 2. The van der Waals surface area contributed by atoms with Crippen LogP contribution < -0.4 is 9.47 Å². The molecule has 2 aromatic rings. The minimum absolute atomic E-state index is 0.503. The van der Waals surface area contributed by atoms with Crippen molar-refractivity contribution in [3.8, 4) is 11.5 Å². The molecule has 4 rings (SSSR count). The van der Waals surface area contributed by atoms with E-state index in [0.717, 1.165) is 30.6 Å². The fourth-order valence-corrected chi connectivity index (χ4v) is 4.23. The SMILES string of the molecule is COc1cccc(OC[C@@H]2[C@H]3CC[C@@H](C3)N2Cc2ccncc2)c1. The number of hydrogen-bond donors (Lipinski definition) is 0. The van der Waals surface area contributed by atoms with Crippen LogP contribution in [0.4, 0.5) is 0 Å². The zero-order valence-electron chi connectivity index (χ0n) is 14.1. The van der Waals surface area contributed by atoms with Gasteiger partial charge in [-0.05, 0) is 55.0 Å². The third-order valence-electron chi connectivity index (χ3n) is 5.46. The number of hydrogen-bond acceptors (Lipinski definition) is 4. The Balaban J connectivity index is 1.44. The molecule has 0 radical (unpaired) electrons. The fourth-order valence-electron chi connectivity index (χ4n) is 4.23. The van der Waals surface area contributed by atoms with Gasteiger partial charge in [0.25, 0.3) is 0 Å². The molecule has 0 spiro atoms. The van der Waals surface area contributed by atoms with Crippen LogP contribution >= 0.6 is 0 Å². The number of piperidine rings is 1. The molecule has 0 unspecified atom stereocenters. The number of rotatable bonds is 6. The average Bonchev–Trinajstić information content (AvgIpc) is 3.23. The molecule has 2 bridgehead atoms. The molecule has 3 atom stereocenters. The van der Waals surface area contributed by atoms with E-state index in [0.29, 0.717) is 12.1 Å². The standard InChI is InChI=1S/C20H24N2O2/c1-23-18-3-2-4-19(12-18)24-14-20-16-5-6-17(11-16)22(20)13-15-7-9-21-10-8-15/h2-4,7-10,12,16-17,20H,5-6,11,13-14H2,1H3/t16-,17-,20+/m0/s1. The smallest absolute Gasteiger partial charge is 0.123 e. The molecule has 2 aliphatic rings. The van der Waals surface area contributed by atoms with Crippen LogP contribution in [0, 0.1) is 5.92 Å². The van der Waals surface area contributed by atoms with Crippen LogP contribution in [0.25, 0.3) is 0 Å². The van der Waals surface area contributed by atoms with Gasteiger partial charge in [0.2, 0.25) is 0 Å². The second-order valence-electron chi connectivity index (χ2n) is 6.81. The monoisotopic (exact) mass is 324 g/mol. The van der Waals surface area contributed by atoms with Crippen molar-refractivity contribution in [1.82, 2.24) is 9.88 Å². The predicted molar refractivity (Wildman–Crippen MR) is 93.2 cm³/mol. The van der Waals surface area contributed by atoms with Crippen molar-refractivity contribution in [2.24, 2.45) is 5.92 Å². The third kappa shape index (κ3) is 3.11. The molecule has 1 aromatic carbocycles. The molecule has 1 saturated heterocycles. The number of aromatic nitrogens is 1. The van der Waals surface area contributed by atoms with Crippen LogP contribution in [0.3, 0.4) is 0 Å². The van der Waals surface area contributed by atoms with E-state index < -0.39 is 0 Å². The minimum Gasteiger partial charge on any atom is -0.497 e. The van der Waals surface area contributed by atoms with Gasteiger partial charge >= 0.3 is 0 Å². The second kappa shape index (κ2) is 6.81. The molecule has 1 aliphatic heterocycles. The first-order valence-corrected chi connectivity index (χ1v) is 8.75. The summed E-state index contributed by atoms with van der Waals surface area (Å²) in [6, 6.07) is 13.3. The maximum atomic E-state index is 6.12. The van der Waals surface area contributed by atoms with Gasteiger partial charge < -0.3 is 9.47 Å². The molecule has 24 heavy (non-hydrogen) atoms. The normalized spacial score (nSPS) is 25.8. The van der Waals surface area contributed by atoms with E-state index in [-0.39, 0.29) is 0 Å². The summed E-state index contributed by atoms with van der Waals surface area (Å²) in [6.45, 7) is 1.75. The summed E-state index contributed by atoms with van der Waals surface area (Å²) in [7, 11) is 1.69. The number of pyridine rings is 1. The van der Waals surface area contributed by atoms with Crippen molar-refractivity contribution in [3.63, 3.8) is 0 Å². The minimum atomic E-state index is 0.503. The van der Waals surface area contributed by atoms with E-state index in [4.69, 9.17) is 9.47 Å². The maximum Gasteiger partial charge on any atom is 0.123 e. The van der Waals surface area contributed by atoms with Gasteiger partial charge in [-0.3, -0.25) is 9.88 Å². The van der Waals surface area contributed by atoms with Crippen molar-refractivity contribution in [2.45, 2.75) is 37.9 Å². The van der Waals surface area contributed by atoms with Gasteiger partial charge in [0, 0.05) is 37.1 Å². The Morgan fingerprint density at radius 2 is 1.96 bits per heavy atom. The topological polar surface area (TPSA) is 34.6 Å². The molecule has 1 aliphatic carbocycles. The lowest BCUT2D eigenvalue weighted by molar-refractivity contribution is 0.0866. The van der Waals surface area contributed by atoms with Gasteiger partial charge in [-0.1, -0.05) is 6.07 Å². The van der Waals surface area contributed by atoms with Crippen LogP contribution in [0.15, 0.2) is 48.8 Å². The molecule has 1 aromatic heterocycles. The lowest BCUT2D eigenvalue weighted by Gasteiger charge is -2.35. The number of methoxy groups -OCH3 is 1. The first-order chi connectivity index (χ1) is 11.8. The van der Waals surface area contributed by atoms with E-state index in [9.17, 15) is 0 Å². The molecule has 4 heteroatoms. The summed E-state index contributed by atoms with van der Waals surface area (Å²) < 4.78 is 11.4. The van der Waals surface area contributed by atoms with Crippen molar-refractivity contribution in [3.05, 3.63) is 54.4 Å². The van der Waals surface area contributed by atoms with Gasteiger partial charge in [0.15, 0.2) is 0 Å². The molecule has 0 N–H and O–H groups in total. The largest absolute Gasteiger partial charge is 0.497 e. The Bertz CT molecular complexity index is 676. The first kappa shape index (κ1) is 15.5. The summed E-state index contributed by atoms with van der Waals surface area (Å²) in [4.78, 5) is 6.77. The van der Waals surface area contributed by atoms with Crippen molar-refractivity contribution < 1.29 is 9.47 Å². The summed E-state index contributed by atoms with van der Waals surface area (Å²) in [5.41, 5.74) is 1.34. The predicted octanol–water partition coefficient (Wildman–Crippen LogP) is 3.52. The van der Waals surface area contributed by atoms with Gasteiger partial charge in [0.05, 0.1) is 7.11 Å². The highest BCUT2D eigenvalue weighted by Gasteiger charge is 2.45. The Morgan fingerprint density at radius 3 is 2.79 bits per heavy atom. The third-order valence-corrected chi connectivity index (χ3v) is 5.46. The first-order valence-electron chi connectivity index (χ1n) is 8.75. The van der Waals surface area contributed by atoms with Gasteiger partial charge in [-0.2, -0.15) is 0 Å². The lowest BCUT2D eigenvalue weighted by atomic mass is 9.99. The number of likely N-dealkylation sites (tertiary alicyclic amines) is 1. The zero-order valence-corrected chi connectivity index (χ0v) is 14.1. The number of fused-ring (bicyclic) bond motifs is 2. The number of benzene rings is 1. The van der Waals surface area contributed by atoms with Crippen LogP contribution in [0.2, 0.25) is 0 Å². The van der Waals surface area contributed by atoms with E-state index >= 15 is 0 Å². The second-order valence-corrected chi connectivity index (χ2v) is 6.81. The fraction of sp³-hybridized carbons (Fsp3) is 0.450. The van der Waals surface area contributed by atoms with Crippen LogP contribution in [-0.4, -0.2) is 35.7 Å². The van der Waals surface area contributed by atoms with Crippen molar-refractivity contribution >= 4 is 0 Å². The summed E-state index contributed by atoms with van der Waals surface area (Å²) >= 11 is 0. The van der Waals surface area contributed by atoms with E-state index in [1.54, 1.807) is 7.11 Å². The molecule has 1 saturated carbocycles. The summed E-state index contributed by atoms with van der Waals surface area (Å²) in [5, 5.41) is 0. The van der Waals surface area contributed by atoms with Gasteiger partial charge in [-0.15, -0.1) is 0 Å². The molecular weight excluding hydrogens is 300 g/mol. The van der Waals surface area contributed by atoms with Crippen molar-refractivity contribution in [1.29, 1.82) is 0 Å². The van der Waals surface area contributed by atoms with Gasteiger partial charge in [0.1, 0.15) is 18.1 Å². The molecule has 126 valence electrons. The Hall–Kier alpha value is -2.07. The molecule has 4 nitrogen and oxygen atoms in total. The summed E-state index contributed by atoms with van der Waals surface area (Å²) in [6.07, 6.45) is 7.74. The molecule has 2 fully saturated rings. The van der Waals surface area contributed by atoms with Crippen molar-refractivity contribution in [2.75, 3.05) is 13.7 Å². The summed E-state index contributed by atoms with van der Waals surface area (Å²) in [5.74, 6) is 2.50. The molecule has 0 amide bonds. The van der Waals surface area contributed by atoms with Gasteiger partial charge in [-0.25, -0.2) is 0 Å². The highest BCUT2D eigenvalue weighted by Crippen LogP contribution is 2.43. The van der Waals surface area contributed by atoms with E-state index in [1.807, 2.05) is 36.7 Å². The lowest BCUT2D eigenvalue weighted by Crippen LogP contribution is -2.43. The zero-order chi connectivity index (χ0) is 16.4. The highest BCUT2D eigenvalue weighted by atomic mass is 16.5. The Kier molecular flexibility index (Phi) is 4.39. The number of nitrogens with zero attached hydrogens (tertiary/aromatic N) is 2. The van der Waals surface area contributed by atoms with E-state index in [2.05, 4.69) is 22.0 Å². The highest BCUT2D eigenvalue weighted by molar-refractivity contribution is 5.32. The Morgan fingerprint density at radius 1 is 1.12 bits per heavy atom. The van der Waals surface area contributed by atoms with Crippen LogP contribution in [0.1, 0.15) is 24.8 Å². The quantitative estimate of drug-likeness (QED) is 0.814. The Labute approximate surface area is 143 Å². The van der Waals surface area contributed by atoms with Crippen LogP contribution in [0.5, 0.6) is 11.5 Å². The molecular formula is C20H24N2O2.